The molecular weight excluding hydrogens is 483 g/mol. The van der Waals surface area contributed by atoms with Gasteiger partial charge in [-0.25, -0.2) is 4.39 Å². The van der Waals surface area contributed by atoms with Crippen LogP contribution in [-0.2, 0) is 11.2 Å². The van der Waals surface area contributed by atoms with Gasteiger partial charge in [0.05, 0.1) is 5.02 Å². The Bertz CT molecular complexity index is 1210. The topological polar surface area (TPSA) is 81.9 Å². The van der Waals surface area contributed by atoms with Crippen molar-refractivity contribution in [2.75, 3.05) is 32.8 Å². The van der Waals surface area contributed by atoms with E-state index >= 15 is 0 Å². The van der Waals surface area contributed by atoms with Crippen LogP contribution in [0.15, 0.2) is 60.7 Å². The van der Waals surface area contributed by atoms with Crippen molar-refractivity contribution in [1.29, 1.82) is 0 Å². The van der Waals surface area contributed by atoms with E-state index in [0.29, 0.717) is 24.0 Å². The zero-order chi connectivity index (χ0) is 25.5. The van der Waals surface area contributed by atoms with Crippen LogP contribution in [-0.4, -0.2) is 49.4 Å². The third kappa shape index (κ3) is 6.62. The van der Waals surface area contributed by atoms with E-state index in [-0.39, 0.29) is 11.4 Å². The van der Waals surface area contributed by atoms with E-state index < -0.39 is 11.7 Å². The Labute approximate surface area is 214 Å². The number of carbonyl (C=O) groups is 2. The van der Waals surface area contributed by atoms with Crippen molar-refractivity contribution in [2.24, 2.45) is 5.73 Å². The minimum absolute atomic E-state index is 0.244. The third-order valence-corrected chi connectivity index (χ3v) is 6.37. The molecule has 0 aromatic heterocycles. The van der Waals surface area contributed by atoms with Crippen molar-refractivity contribution in [2.45, 2.75) is 19.3 Å². The zero-order valence-corrected chi connectivity index (χ0v) is 20.6. The van der Waals surface area contributed by atoms with Crippen LogP contribution in [0.3, 0.4) is 0 Å². The number of Topliss-reactive ketones (excluding diaryl/α,β-unsaturated/α-hetero) is 1. The molecule has 1 saturated heterocycles. The minimum Gasteiger partial charge on any atom is -0.486 e. The van der Waals surface area contributed by atoms with Gasteiger partial charge in [0.1, 0.15) is 19.0 Å². The molecule has 188 valence electrons. The molecular formula is C28H28ClFN2O4. The van der Waals surface area contributed by atoms with Crippen LogP contribution in [0.25, 0.3) is 11.1 Å². The number of halogens is 2. The highest BCUT2D eigenvalue weighted by Gasteiger charge is 2.17. The number of fused-ring (bicyclic) bond motifs is 1. The number of benzene rings is 3. The molecule has 2 N–H and O–H groups in total. The molecule has 0 atom stereocenters. The van der Waals surface area contributed by atoms with E-state index in [1.165, 1.54) is 62.3 Å². The maximum absolute atomic E-state index is 12.8. The van der Waals surface area contributed by atoms with Crippen LogP contribution < -0.4 is 15.2 Å². The first-order valence-electron chi connectivity index (χ1n) is 11.9. The maximum atomic E-state index is 12.8. The summed E-state index contributed by atoms with van der Waals surface area (Å²) >= 11 is 6.21. The molecule has 2 aliphatic rings. The largest absolute Gasteiger partial charge is 0.486 e. The molecule has 0 aliphatic carbocycles. The number of nitrogens with zero attached hydrogens (tertiary/aromatic N) is 1. The molecule has 3 aromatic rings. The second kappa shape index (κ2) is 12.0. The summed E-state index contributed by atoms with van der Waals surface area (Å²) in [4.78, 5) is 24.5. The monoisotopic (exact) mass is 510 g/mol. The van der Waals surface area contributed by atoms with Gasteiger partial charge < -0.3 is 20.1 Å². The highest BCUT2D eigenvalue weighted by Crippen LogP contribution is 2.38. The summed E-state index contributed by atoms with van der Waals surface area (Å²) in [5.74, 6) is -0.508. The third-order valence-electron chi connectivity index (χ3n) is 6.09. The predicted molar refractivity (Wildman–Crippen MR) is 137 cm³/mol. The molecule has 2 heterocycles. The lowest BCUT2D eigenvalue weighted by molar-refractivity contribution is -0.114. The molecule has 36 heavy (non-hydrogen) atoms. The first-order valence-corrected chi connectivity index (χ1v) is 12.3. The summed E-state index contributed by atoms with van der Waals surface area (Å²) in [7, 11) is 0. The van der Waals surface area contributed by atoms with Crippen LogP contribution in [0.1, 0.15) is 28.8 Å². The normalized spacial score (nSPS) is 14.3. The Balaban J connectivity index is 0.000000169. The van der Waals surface area contributed by atoms with Gasteiger partial charge in [-0.05, 0) is 79.9 Å². The summed E-state index contributed by atoms with van der Waals surface area (Å²) < 4.78 is 23.9. The van der Waals surface area contributed by atoms with Crippen LogP contribution in [0.5, 0.6) is 11.5 Å². The summed E-state index contributed by atoms with van der Waals surface area (Å²) in [5.41, 5.74) is 8.05. The Morgan fingerprint density at radius 3 is 2.19 bits per heavy atom. The van der Waals surface area contributed by atoms with Crippen molar-refractivity contribution < 1.29 is 23.5 Å². The molecule has 0 unspecified atom stereocenters. The number of hydrogen-bond donors (Lipinski definition) is 1. The number of likely N-dealkylation sites (tertiary alicyclic amines) is 1. The van der Waals surface area contributed by atoms with Crippen molar-refractivity contribution in [3.05, 3.63) is 82.6 Å². The fourth-order valence-corrected chi connectivity index (χ4v) is 4.31. The van der Waals surface area contributed by atoms with E-state index in [0.717, 1.165) is 23.3 Å². The van der Waals surface area contributed by atoms with Gasteiger partial charge in [-0.1, -0.05) is 48.0 Å². The molecule has 5 rings (SSSR count). The molecule has 8 heteroatoms. The summed E-state index contributed by atoms with van der Waals surface area (Å²) in [6, 6.07) is 16.5. The molecule has 0 radical (unpaired) electrons. The number of primary amides is 1. The average molecular weight is 511 g/mol. The van der Waals surface area contributed by atoms with Gasteiger partial charge in [-0.3, -0.25) is 9.59 Å². The zero-order valence-electron chi connectivity index (χ0n) is 19.8. The second-order valence-corrected chi connectivity index (χ2v) is 9.09. The first kappa shape index (κ1) is 25.7. The lowest BCUT2D eigenvalue weighted by Gasteiger charge is -2.30. The van der Waals surface area contributed by atoms with Gasteiger partial charge in [-0.15, -0.1) is 0 Å². The maximum Gasteiger partial charge on any atom is 0.289 e. The van der Waals surface area contributed by atoms with Gasteiger partial charge in [0.25, 0.3) is 5.91 Å². The van der Waals surface area contributed by atoms with Gasteiger partial charge in [0, 0.05) is 5.56 Å². The molecule has 3 aromatic carbocycles. The van der Waals surface area contributed by atoms with Crippen LogP contribution >= 0.6 is 11.6 Å². The highest BCUT2D eigenvalue weighted by molar-refractivity contribution is 6.42. The first-order chi connectivity index (χ1) is 17.4. The van der Waals surface area contributed by atoms with Crippen molar-refractivity contribution in [3.8, 4) is 22.6 Å². The molecule has 6 nitrogen and oxygen atoms in total. The number of ether oxygens (including phenoxy) is 2. The van der Waals surface area contributed by atoms with Crippen molar-refractivity contribution in [3.63, 3.8) is 0 Å². The number of rotatable bonds is 7. The number of aryl methyl sites for hydroxylation is 1. The summed E-state index contributed by atoms with van der Waals surface area (Å²) in [6.45, 7) is 4.91. The van der Waals surface area contributed by atoms with Gasteiger partial charge in [0.15, 0.2) is 11.5 Å². The van der Waals surface area contributed by atoms with E-state index in [2.05, 4.69) is 11.0 Å². The molecule has 0 bridgehead atoms. The number of ketones is 1. The molecule has 1 fully saturated rings. The molecule has 2 aliphatic heterocycles. The van der Waals surface area contributed by atoms with Crippen LogP contribution in [0.2, 0.25) is 5.02 Å². The second-order valence-electron chi connectivity index (χ2n) is 8.68. The smallest absolute Gasteiger partial charge is 0.289 e. The fourth-order valence-electron chi connectivity index (χ4n) is 4.02. The fraction of sp³-hybridized carbons (Fsp3) is 0.286. The number of nitrogens with two attached hydrogens (primary N) is 1. The van der Waals surface area contributed by atoms with E-state index in [9.17, 15) is 14.0 Å². The van der Waals surface area contributed by atoms with Crippen LogP contribution in [0.4, 0.5) is 4.39 Å². The Hall–Kier alpha value is -3.42. The average Bonchev–Trinajstić information content (AvgIpc) is 2.86. The van der Waals surface area contributed by atoms with Crippen molar-refractivity contribution >= 4 is 23.3 Å². The quantitative estimate of drug-likeness (QED) is 0.361. The molecule has 0 spiro atoms. The summed E-state index contributed by atoms with van der Waals surface area (Å²) in [6.07, 6.45) is 3.58. The molecule has 1 amide bonds. The van der Waals surface area contributed by atoms with E-state index in [1.807, 2.05) is 6.07 Å². The number of carbonyl (C=O) groups excluding carboxylic acids is 2. The highest BCUT2D eigenvalue weighted by atomic mass is 35.5. The minimum atomic E-state index is -0.982. The lowest BCUT2D eigenvalue weighted by Crippen LogP contribution is -2.37. The lowest BCUT2D eigenvalue weighted by atomic mass is 10.0. The Morgan fingerprint density at radius 2 is 1.58 bits per heavy atom. The summed E-state index contributed by atoms with van der Waals surface area (Å²) in [5, 5.41) is 0.672. The van der Waals surface area contributed by atoms with Gasteiger partial charge in [-0.2, -0.15) is 0 Å². The van der Waals surface area contributed by atoms with Gasteiger partial charge >= 0.3 is 0 Å². The number of hydrogen-bond acceptors (Lipinski definition) is 5. The predicted octanol–water partition coefficient (Wildman–Crippen LogP) is 4.91. The Morgan fingerprint density at radius 1 is 0.944 bits per heavy atom. The molecule has 0 saturated carbocycles. The van der Waals surface area contributed by atoms with Crippen LogP contribution in [0, 0.1) is 5.82 Å². The van der Waals surface area contributed by atoms with E-state index in [4.69, 9.17) is 26.8 Å². The van der Waals surface area contributed by atoms with Gasteiger partial charge in [0.2, 0.25) is 5.78 Å². The Kier molecular flexibility index (Phi) is 8.57. The van der Waals surface area contributed by atoms with Crippen molar-refractivity contribution in [1.82, 2.24) is 4.90 Å². The standard InChI is InChI=1S/C14H18ClNO2.C14H10FNO2/c15-12-9-11(3-1-4-16-5-2-6-16)10-13-14(12)18-8-7-17-13;15-12-7-5-10(6-8-12)9-1-3-11(4-2-9)13(17)14(16)18/h9-10H,1-8H2;1-8H,(H2,16,18). The van der Waals surface area contributed by atoms with E-state index in [1.54, 1.807) is 24.3 Å². The SMILES string of the molecule is Clc1cc(CCCN2CCC2)cc2c1OCCO2.NC(=O)C(=O)c1ccc(-c2ccc(F)cc2)cc1. The number of amides is 1.